The number of rotatable bonds is 6. The van der Waals surface area contributed by atoms with Crippen LogP contribution in [0.5, 0.6) is 5.75 Å². The third kappa shape index (κ3) is 5.23. The van der Waals surface area contributed by atoms with Crippen LogP contribution in [0, 0.1) is 23.7 Å². The molecule has 0 saturated heterocycles. The monoisotopic (exact) mass is 373 g/mol. The van der Waals surface area contributed by atoms with Gasteiger partial charge in [0.05, 0.1) is 0 Å². The van der Waals surface area contributed by atoms with E-state index in [2.05, 4.69) is 11.2 Å². The molecule has 0 saturated carbocycles. The lowest BCUT2D eigenvalue weighted by Gasteiger charge is -2.11. The normalized spacial score (nSPS) is 10.4. The number of carbonyl (C=O) groups is 2. The molecule has 1 N–H and O–H groups in total. The van der Waals surface area contributed by atoms with Crippen LogP contribution in [0.15, 0.2) is 54.1 Å². The molecule has 6 nitrogen and oxygen atoms in total. The van der Waals surface area contributed by atoms with Crippen molar-refractivity contribution in [3.63, 3.8) is 0 Å². The number of carbonyl (C=O) groups excluding carboxylic acids is 2. The smallest absolute Gasteiger partial charge is 0.266 e. The van der Waals surface area contributed by atoms with Gasteiger partial charge in [0.1, 0.15) is 24.0 Å². The predicted octanol–water partition coefficient (Wildman–Crippen LogP) is 2.95. The van der Waals surface area contributed by atoms with E-state index in [4.69, 9.17) is 11.2 Å². The summed E-state index contributed by atoms with van der Waals surface area (Å²) in [5.41, 5.74) is 1.44. The van der Waals surface area contributed by atoms with E-state index in [-0.39, 0.29) is 18.1 Å². The summed E-state index contributed by atoms with van der Waals surface area (Å²) in [5.74, 6) is 2.14. The highest BCUT2D eigenvalue weighted by molar-refractivity contribution is 6.10. The van der Waals surface area contributed by atoms with Gasteiger partial charge in [-0.3, -0.25) is 9.59 Å². The molecule has 0 radical (unpaired) electrons. The van der Waals surface area contributed by atoms with Crippen molar-refractivity contribution in [3.05, 3.63) is 65.2 Å². The van der Waals surface area contributed by atoms with Gasteiger partial charge in [-0.25, -0.2) is 0 Å². The van der Waals surface area contributed by atoms with Gasteiger partial charge in [-0.1, -0.05) is 24.1 Å². The number of anilines is 1. The molecule has 0 aliphatic heterocycles. The molecule has 0 atom stereocenters. The fourth-order valence-electron chi connectivity index (χ4n) is 2.31. The standard InChI is InChI=1S/C22H19N3O3/c1-4-13-28-20-8-6-5-7-17(20)14-18(15-23)21(26)24-19-11-9-16(10-12-19)22(27)25(2)3/h1,5-12,14H,13H2,2-3H3,(H,24,26)/b18-14+. The molecule has 2 rings (SSSR count). The van der Waals surface area contributed by atoms with E-state index in [0.717, 1.165) is 0 Å². The fourth-order valence-corrected chi connectivity index (χ4v) is 2.31. The molecule has 0 spiro atoms. The highest BCUT2D eigenvalue weighted by Crippen LogP contribution is 2.21. The molecule has 2 amide bonds. The maximum atomic E-state index is 12.5. The van der Waals surface area contributed by atoms with Crippen molar-refractivity contribution in [2.45, 2.75) is 0 Å². The Hall–Kier alpha value is -4.03. The molecule has 0 aliphatic rings. The zero-order valence-electron chi connectivity index (χ0n) is 15.6. The van der Waals surface area contributed by atoms with Gasteiger partial charge >= 0.3 is 0 Å². The van der Waals surface area contributed by atoms with Gasteiger partial charge in [0.2, 0.25) is 0 Å². The fraction of sp³-hybridized carbons (Fsp3) is 0.136. The zero-order valence-corrected chi connectivity index (χ0v) is 15.6. The largest absolute Gasteiger partial charge is 0.480 e. The van der Waals surface area contributed by atoms with Gasteiger partial charge in [0, 0.05) is 30.9 Å². The minimum absolute atomic E-state index is 0.0803. The molecule has 0 aromatic heterocycles. The van der Waals surface area contributed by atoms with Crippen LogP contribution in [0.25, 0.3) is 6.08 Å². The summed E-state index contributed by atoms with van der Waals surface area (Å²) in [6.45, 7) is 0.0803. The summed E-state index contributed by atoms with van der Waals surface area (Å²) in [7, 11) is 3.32. The van der Waals surface area contributed by atoms with Gasteiger partial charge in [0.25, 0.3) is 11.8 Å². The van der Waals surface area contributed by atoms with E-state index in [9.17, 15) is 14.9 Å². The van der Waals surface area contributed by atoms with Crippen molar-refractivity contribution in [2.75, 3.05) is 26.0 Å². The van der Waals surface area contributed by atoms with Gasteiger partial charge in [-0.05, 0) is 36.4 Å². The average Bonchev–Trinajstić information content (AvgIpc) is 2.71. The van der Waals surface area contributed by atoms with E-state index in [1.54, 1.807) is 62.6 Å². The number of hydrogen-bond acceptors (Lipinski definition) is 4. The van der Waals surface area contributed by atoms with E-state index in [1.165, 1.54) is 11.0 Å². The summed E-state index contributed by atoms with van der Waals surface area (Å²) < 4.78 is 5.43. The molecule has 140 valence electrons. The molecule has 28 heavy (non-hydrogen) atoms. The number of nitriles is 1. The van der Waals surface area contributed by atoms with Crippen LogP contribution < -0.4 is 10.1 Å². The number of hydrogen-bond donors (Lipinski definition) is 1. The van der Waals surface area contributed by atoms with Crippen LogP contribution in [-0.4, -0.2) is 37.4 Å². The molecule has 0 fully saturated rings. The van der Waals surface area contributed by atoms with Crippen molar-refractivity contribution in [3.8, 4) is 24.2 Å². The second-order valence-electron chi connectivity index (χ2n) is 5.93. The van der Waals surface area contributed by atoms with Crippen molar-refractivity contribution in [1.29, 1.82) is 5.26 Å². The van der Waals surface area contributed by atoms with Crippen LogP contribution in [-0.2, 0) is 4.79 Å². The second-order valence-corrected chi connectivity index (χ2v) is 5.93. The van der Waals surface area contributed by atoms with Gasteiger partial charge in [-0.15, -0.1) is 6.42 Å². The summed E-state index contributed by atoms with van der Waals surface area (Å²) in [6, 6.07) is 15.3. The molecule has 0 bridgehead atoms. The lowest BCUT2D eigenvalue weighted by Crippen LogP contribution is -2.21. The predicted molar refractivity (Wildman–Crippen MR) is 107 cm³/mol. The van der Waals surface area contributed by atoms with E-state index < -0.39 is 5.91 Å². The number of amides is 2. The van der Waals surface area contributed by atoms with E-state index in [1.807, 2.05) is 6.07 Å². The van der Waals surface area contributed by atoms with Crippen molar-refractivity contribution in [1.82, 2.24) is 4.90 Å². The van der Waals surface area contributed by atoms with Crippen LogP contribution in [0.2, 0.25) is 0 Å². The Balaban J connectivity index is 2.19. The Labute approximate surface area is 164 Å². The number of nitrogens with zero attached hydrogens (tertiary/aromatic N) is 2. The van der Waals surface area contributed by atoms with E-state index >= 15 is 0 Å². The van der Waals surface area contributed by atoms with Gasteiger partial charge in [-0.2, -0.15) is 5.26 Å². The molecular weight excluding hydrogens is 354 g/mol. The molecule has 2 aromatic rings. The van der Waals surface area contributed by atoms with Crippen molar-refractivity contribution < 1.29 is 14.3 Å². The molecule has 6 heteroatoms. The second kappa shape index (κ2) is 9.61. The zero-order chi connectivity index (χ0) is 20.5. The van der Waals surface area contributed by atoms with Gasteiger partial charge in [0.15, 0.2) is 0 Å². The molecule has 2 aromatic carbocycles. The van der Waals surface area contributed by atoms with Crippen LogP contribution >= 0.6 is 0 Å². The number of nitrogens with one attached hydrogen (secondary N) is 1. The summed E-state index contributed by atoms with van der Waals surface area (Å²) in [5, 5.41) is 12.0. The van der Waals surface area contributed by atoms with Gasteiger partial charge < -0.3 is 15.0 Å². The Morgan fingerprint density at radius 2 is 1.86 bits per heavy atom. The minimum atomic E-state index is -0.569. The number of benzene rings is 2. The minimum Gasteiger partial charge on any atom is -0.480 e. The number of ether oxygens (including phenoxy) is 1. The first-order chi connectivity index (χ1) is 13.5. The number of para-hydroxylation sites is 1. The van der Waals surface area contributed by atoms with Crippen LogP contribution in [0.4, 0.5) is 5.69 Å². The SMILES string of the molecule is C#CCOc1ccccc1/C=C(\C#N)C(=O)Nc1ccc(C(=O)N(C)C)cc1. The topological polar surface area (TPSA) is 82.4 Å². The van der Waals surface area contributed by atoms with Crippen LogP contribution in [0.3, 0.4) is 0 Å². The first kappa shape index (κ1) is 20.3. The van der Waals surface area contributed by atoms with E-state index in [0.29, 0.717) is 22.6 Å². The summed E-state index contributed by atoms with van der Waals surface area (Å²) in [6.07, 6.45) is 6.64. The average molecular weight is 373 g/mol. The summed E-state index contributed by atoms with van der Waals surface area (Å²) >= 11 is 0. The lowest BCUT2D eigenvalue weighted by molar-refractivity contribution is -0.112. The quantitative estimate of drug-likeness (QED) is 0.479. The Morgan fingerprint density at radius 3 is 2.46 bits per heavy atom. The Morgan fingerprint density at radius 1 is 1.18 bits per heavy atom. The third-order valence-electron chi connectivity index (χ3n) is 3.69. The highest BCUT2D eigenvalue weighted by Gasteiger charge is 2.12. The maximum absolute atomic E-state index is 12.5. The first-order valence-corrected chi connectivity index (χ1v) is 8.36. The maximum Gasteiger partial charge on any atom is 0.266 e. The molecule has 0 aliphatic carbocycles. The first-order valence-electron chi connectivity index (χ1n) is 8.36. The Kier molecular flexibility index (Phi) is 6.96. The van der Waals surface area contributed by atoms with Crippen molar-refractivity contribution in [2.24, 2.45) is 0 Å². The third-order valence-corrected chi connectivity index (χ3v) is 3.69. The van der Waals surface area contributed by atoms with Crippen molar-refractivity contribution >= 4 is 23.6 Å². The molecule has 0 heterocycles. The highest BCUT2D eigenvalue weighted by atomic mass is 16.5. The Bertz CT molecular complexity index is 977. The number of terminal acetylenes is 1. The van der Waals surface area contributed by atoms with Crippen LogP contribution in [0.1, 0.15) is 15.9 Å². The molecule has 0 unspecified atom stereocenters. The molecular formula is C22H19N3O3. The lowest BCUT2D eigenvalue weighted by atomic mass is 10.1. The summed E-state index contributed by atoms with van der Waals surface area (Å²) in [4.78, 5) is 25.8.